The van der Waals surface area contributed by atoms with Gasteiger partial charge in [-0.15, -0.1) is 0 Å². The summed E-state index contributed by atoms with van der Waals surface area (Å²) in [7, 11) is 0. The zero-order valence-corrected chi connectivity index (χ0v) is 15.2. The Balaban J connectivity index is 1.73. The van der Waals surface area contributed by atoms with Gasteiger partial charge in [0.05, 0.1) is 21.8 Å². The highest BCUT2D eigenvalue weighted by Gasteiger charge is 2.17. The molecule has 1 atom stereocenters. The average Bonchev–Trinajstić information content (AvgIpc) is 3.09. The molecule has 8 heteroatoms. The molecule has 1 amide bonds. The molecule has 1 aliphatic heterocycles. The largest absolute Gasteiger partial charge is 0.376 e. The summed E-state index contributed by atoms with van der Waals surface area (Å²) in [4.78, 5) is 21.1. The van der Waals surface area contributed by atoms with Gasteiger partial charge in [-0.05, 0) is 38.0 Å². The maximum Gasteiger partial charge on any atom is 0.274 e. The van der Waals surface area contributed by atoms with Crippen LogP contribution in [0.3, 0.4) is 0 Å². The van der Waals surface area contributed by atoms with Crippen LogP contribution in [0.1, 0.15) is 29.0 Å². The zero-order valence-electron chi connectivity index (χ0n) is 13.7. The highest BCUT2D eigenvalue weighted by molar-refractivity contribution is 6.40. The number of aryl methyl sites for hydroxylation is 1. The molecule has 0 saturated carbocycles. The van der Waals surface area contributed by atoms with Crippen molar-refractivity contribution < 1.29 is 9.53 Å². The molecule has 1 aromatic heterocycles. The lowest BCUT2D eigenvalue weighted by atomic mass is 10.2. The molecule has 1 fully saturated rings. The van der Waals surface area contributed by atoms with Gasteiger partial charge in [0, 0.05) is 18.8 Å². The number of aromatic nitrogens is 2. The van der Waals surface area contributed by atoms with Crippen molar-refractivity contribution in [3.63, 3.8) is 0 Å². The Kier molecular flexibility index (Phi) is 5.73. The number of rotatable bonds is 5. The molecule has 3 rings (SSSR count). The number of para-hydroxylation sites is 1. The van der Waals surface area contributed by atoms with Gasteiger partial charge in [-0.2, -0.15) is 0 Å². The minimum absolute atomic E-state index is 0.156. The van der Waals surface area contributed by atoms with E-state index < -0.39 is 5.91 Å². The number of carbonyl (C=O) groups is 1. The Morgan fingerprint density at radius 1 is 1.32 bits per heavy atom. The number of nitrogens with one attached hydrogen (secondary N) is 2. The molecule has 6 nitrogen and oxygen atoms in total. The first kappa shape index (κ1) is 17.9. The number of carbonyl (C=O) groups excluding carboxylic acids is 1. The van der Waals surface area contributed by atoms with Gasteiger partial charge >= 0.3 is 0 Å². The van der Waals surface area contributed by atoms with Crippen LogP contribution in [0.25, 0.3) is 0 Å². The van der Waals surface area contributed by atoms with Gasteiger partial charge in [-0.1, -0.05) is 29.3 Å². The van der Waals surface area contributed by atoms with Crippen molar-refractivity contribution >= 4 is 40.7 Å². The summed E-state index contributed by atoms with van der Waals surface area (Å²) in [6, 6.07) is 6.63. The van der Waals surface area contributed by atoms with Crippen LogP contribution in [-0.4, -0.2) is 35.1 Å². The number of amides is 1. The van der Waals surface area contributed by atoms with E-state index in [-0.39, 0.29) is 11.8 Å². The third-order valence-corrected chi connectivity index (χ3v) is 4.43. The maximum absolute atomic E-state index is 12.5. The fourth-order valence-electron chi connectivity index (χ4n) is 2.57. The molecular formula is C17H18Cl2N4O2. The molecular weight excluding hydrogens is 363 g/mol. The first-order chi connectivity index (χ1) is 12.0. The second-order valence-corrected chi connectivity index (χ2v) is 6.60. The van der Waals surface area contributed by atoms with E-state index >= 15 is 0 Å². The van der Waals surface area contributed by atoms with Crippen molar-refractivity contribution in [2.24, 2.45) is 0 Å². The molecule has 0 bridgehead atoms. The van der Waals surface area contributed by atoms with Gasteiger partial charge in [-0.25, -0.2) is 9.97 Å². The highest BCUT2D eigenvalue weighted by atomic mass is 35.5. The quantitative estimate of drug-likeness (QED) is 0.821. The van der Waals surface area contributed by atoms with Gasteiger partial charge in [0.15, 0.2) is 0 Å². The lowest BCUT2D eigenvalue weighted by Crippen LogP contribution is -2.21. The molecule has 2 aromatic rings. The third kappa shape index (κ3) is 4.60. The summed E-state index contributed by atoms with van der Waals surface area (Å²) in [5.41, 5.74) is 1.28. The third-order valence-electron chi connectivity index (χ3n) is 3.80. The SMILES string of the molecule is Cc1cc(C(=O)Nc2c(Cl)cccc2Cl)nc(NCC2CCCO2)n1. The number of halogens is 2. The second-order valence-electron chi connectivity index (χ2n) is 5.78. The first-order valence-electron chi connectivity index (χ1n) is 7.99. The lowest BCUT2D eigenvalue weighted by Gasteiger charge is -2.12. The highest BCUT2D eigenvalue weighted by Crippen LogP contribution is 2.30. The Morgan fingerprint density at radius 2 is 2.08 bits per heavy atom. The van der Waals surface area contributed by atoms with Gasteiger partial charge in [-0.3, -0.25) is 4.79 Å². The fourth-order valence-corrected chi connectivity index (χ4v) is 3.06. The Bertz CT molecular complexity index is 759. The van der Waals surface area contributed by atoms with Crippen LogP contribution >= 0.6 is 23.2 Å². The molecule has 25 heavy (non-hydrogen) atoms. The smallest absolute Gasteiger partial charge is 0.274 e. The summed E-state index contributed by atoms with van der Waals surface area (Å²) in [5.74, 6) is -0.00780. The molecule has 0 spiro atoms. The number of nitrogens with zero attached hydrogens (tertiary/aromatic N) is 2. The van der Waals surface area contributed by atoms with Crippen molar-refractivity contribution in [2.45, 2.75) is 25.9 Å². The topological polar surface area (TPSA) is 76.1 Å². The monoisotopic (exact) mass is 380 g/mol. The molecule has 1 saturated heterocycles. The number of hydrogen-bond donors (Lipinski definition) is 2. The second kappa shape index (κ2) is 7.99. The van der Waals surface area contributed by atoms with Crippen LogP contribution in [0.15, 0.2) is 24.3 Å². The van der Waals surface area contributed by atoms with E-state index in [0.717, 1.165) is 19.4 Å². The molecule has 2 N–H and O–H groups in total. The van der Waals surface area contributed by atoms with Crippen LogP contribution in [0.4, 0.5) is 11.6 Å². The predicted octanol–water partition coefficient (Wildman–Crippen LogP) is 3.94. The Labute approximate surface area is 155 Å². The minimum atomic E-state index is -0.402. The van der Waals surface area contributed by atoms with Crippen LogP contribution in [0, 0.1) is 6.92 Å². The number of ether oxygens (including phenoxy) is 1. The predicted molar refractivity (Wildman–Crippen MR) is 98.6 cm³/mol. The van der Waals surface area contributed by atoms with E-state index in [1.54, 1.807) is 31.2 Å². The van der Waals surface area contributed by atoms with E-state index in [1.807, 2.05) is 0 Å². The van der Waals surface area contributed by atoms with Crippen molar-refractivity contribution in [1.29, 1.82) is 0 Å². The van der Waals surface area contributed by atoms with Crippen molar-refractivity contribution in [3.8, 4) is 0 Å². The molecule has 1 aromatic carbocycles. The van der Waals surface area contributed by atoms with Gasteiger partial charge in [0.2, 0.25) is 5.95 Å². The summed E-state index contributed by atoms with van der Waals surface area (Å²) >= 11 is 12.2. The minimum Gasteiger partial charge on any atom is -0.376 e. The number of anilines is 2. The molecule has 0 aliphatic carbocycles. The molecule has 1 aliphatic rings. The molecule has 2 heterocycles. The van der Waals surface area contributed by atoms with E-state index in [4.69, 9.17) is 27.9 Å². The first-order valence-corrected chi connectivity index (χ1v) is 8.75. The van der Waals surface area contributed by atoms with Gasteiger partial charge in [0.1, 0.15) is 5.69 Å². The van der Waals surface area contributed by atoms with Crippen LogP contribution < -0.4 is 10.6 Å². The van der Waals surface area contributed by atoms with Crippen molar-refractivity contribution in [2.75, 3.05) is 23.8 Å². The van der Waals surface area contributed by atoms with E-state index in [2.05, 4.69) is 20.6 Å². The summed E-state index contributed by atoms with van der Waals surface area (Å²) in [6.07, 6.45) is 2.23. The van der Waals surface area contributed by atoms with Crippen molar-refractivity contribution in [1.82, 2.24) is 9.97 Å². The van der Waals surface area contributed by atoms with Crippen LogP contribution in [0.2, 0.25) is 10.0 Å². The van der Waals surface area contributed by atoms with Crippen LogP contribution in [-0.2, 0) is 4.74 Å². The van der Waals surface area contributed by atoms with Gasteiger partial charge in [0.25, 0.3) is 5.91 Å². The summed E-state index contributed by atoms with van der Waals surface area (Å²) in [5, 5.41) is 6.56. The Hall–Kier alpha value is -1.89. The number of hydrogen-bond acceptors (Lipinski definition) is 5. The average molecular weight is 381 g/mol. The molecule has 0 radical (unpaired) electrons. The number of benzene rings is 1. The lowest BCUT2D eigenvalue weighted by molar-refractivity contribution is 0.102. The fraction of sp³-hybridized carbons (Fsp3) is 0.353. The Morgan fingerprint density at radius 3 is 2.76 bits per heavy atom. The molecule has 1 unspecified atom stereocenters. The standard InChI is InChI=1S/C17H18Cl2N4O2/c1-10-8-14(16(24)23-15-12(18)5-2-6-13(15)19)22-17(21-10)20-9-11-4-3-7-25-11/h2,5-6,8,11H,3-4,7,9H2,1H3,(H,23,24)(H,20,21,22). The maximum atomic E-state index is 12.5. The molecule has 132 valence electrons. The van der Waals surface area contributed by atoms with Gasteiger partial charge < -0.3 is 15.4 Å². The zero-order chi connectivity index (χ0) is 17.8. The van der Waals surface area contributed by atoms with Crippen LogP contribution in [0.5, 0.6) is 0 Å². The van der Waals surface area contributed by atoms with E-state index in [0.29, 0.717) is 33.9 Å². The summed E-state index contributed by atoms with van der Waals surface area (Å²) < 4.78 is 5.56. The van der Waals surface area contributed by atoms with Crippen molar-refractivity contribution in [3.05, 3.63) is 45.7 Å². The van der Waals surface area contributed by atoms with E-state index in [9.17, 15) is 4.79 Å². The normalized spacial score (nSPS) is 16.7. The van der Waals surface area contributed by atoms with E-state index in [1.165, 1.54) is 0 Å². The summed E-state index contributed by atoms with van der Waals surface area (Å²) in [6.45, 7) is 3.20.